The minimum absolute atomic E-state index is 0.0123. The highest BCUT2D eigenvalue weighted by Crippen LogP contribution is 2.30. The number of morpholine rings is 1. The fraction of sp³-hybridized carbons (Fsp3) is 0.611. The molecule has 180 valence electrons. The lowest BCUT2D eigenvalue weighted by molar-refractivity contribution is -0.0457. The summed E-state index contributed by atoms with van der Waals surface area (Å²) in [6.07, 6.45) is -0.471. The first-order valence-electron chi connectivity index (χ1n) is 9.85. The molecule has 2 fully saturated rings. The smallest absolute Gasteiger partial charge is 0.373 e. The van der Waals surface area contributed by atoms with Gasteiger partial charge in [0.15, 0.2) is 0 Å². The second kappa shape index (κ2) is 8.89. The number of benzene rings is 1. The van der Waals surface area contributed by atoms with Gasteiger partial charge in [0.25, 0.3) is 26.0 Å². The third kappa shape index (κ3) is 4.93. The SMILES string of the molecule is CC1CN(S(=O)(=O)N2CCN(C(=O)c3ccc(S(=O)(=O)C(F)(F)F)cc3)CC2)CC(C)O1. The van der Waals surface area contributed by atoms with E-state index in [9.17, 15) is 34.8 Å². The summed E-state index contributed by atoms with van der Waals surface area (Å²) in [7, 11) is -9.22. The van der Waals surface area contributed by atoms with Crippen LogP contribution in [-0.4, -0.2) is 93.2 Å². The third-order valence-electron chi connectivity index (χ3n) is 5.28. The van der Waals surface area contributed by atoms with Crippen LogP contribution in [0.2, 0.25) is 0 Å². The van der Waals surface area contributed by atoms with Crippen molar-refractivity contribution in [2.45, 2.75) is 36.5 Å². The summed E-state index contributed by atoms with van der Waals surface area (Å²) in [5.74, 6) is -0.522. The topological polar surface area (TPSA) is 104 Å². The molecular weight excluding hydrogens is 475 g/mol. The van der Waals surface area contributed by atoms with Crippen LogP contribution in [0.4, 0.5) is 13.2 Å². The van der Waals surface area contributed by atoms with Crippen molar-refractivity contribution in [1.82, 2.24) is 13.5 Å². The van der Waals surface area contributed by atoms with Gasteiger partial charge in [0, 0.05) is 44.8 Å². The van der Waals surface area contributed by atoms with Gasteiger partial charge in [0.2, 0.25) is 0 Å². The van der Waals surface area contributed by atoms with E-state index < -0.39 is 36.4 Å². The number of rotatable bonds is 4. The summed E-state index contributed by atoms with van der Waals surface area (Å²) in [6.45, 7) is 4.37. The first-order valence-corrected chi connectivity index (χ1v) is 12.7. The van der Waals surface area contributed by atoms with Gasteiger partial charge < -0.3 is 9.64 Å². The molecule has 0 N–H and O–H groups in total. The van der Waals surface area contributed by atoms with Gasteiger partial charge in [0.05, 0.1) is 17.1 Å². The van der Waals surface area contributed by atoms with Crippen molar-refractivity contribution in [3.05, 3.63) is 29.8 Å². The molecule has 0 saturated carbocycles. The monoisotopic (exact) mass is 499 g/mol. The second-order valence-corrected chi connectivity index (χ2v) is 11.6. The van der Waals surface area contributed by atoms with Gasteiger partial charge in [-0.2, -0.15) is 30.2 Å². The zero-order valence-corrected chi connectivity index (χ0v) is 19.1. The maximum Gasteiger partial charge on any atom is 0.501 e. The van der Waals surface area contributed by atoms with Crippen LogP contribution in [0.5, 0.6) is 0 Å². The zero-order valence-electron chi connectivity index (χ0n) is 17.4. The Hall–Kier alpha value is -1.74. The Morgan fingerprint density at radius 1 is 0.906 bits per heavy atom. The van der Waals surface area contributed by atoms with E-state index in [-0.39, 0.29) is 57.0 Å². The molecular formula is C18H24F3N3O6S2. The Morgan fingerprint density at radius 2 is 1.41 bits per heavy atom. The Bertz CT molecular complexity index is 1040. The lowest BCUT2D eigenvalue weighted by Crippen LogP contribution is -2.57. The fourth-order valence-electron chi connectivity index (χ4n) is 3.70. The molecule has 0 spiro atoms. The molecule has 2 saturated heterocycles. The van der Waals surface area contributed by atoms with Crippen molar-refractivity contribution >= 4 is 26.0 Å². The largest absolute Gasteiger partial charge is 0.501 e. The number of hydrogen-bond acceptors (Lipinski definition) is 6. The molecule has 2 aliphatic heterocycles. The van der Waals surface area contributed by atoms with Gasteiger partial charge in [-0.3, -0.25) is 4.79 Å². The number of hydrogen-bond donors (Lipinski definition) is 0. The van der Waals surface area contributed by atoms with E-state index in [0.717, 1.165) is 24.3 Å². The van der Waals surface area contributed by atoms with Gasteiger partial charge in [-0.05, 0) is 38.1 Å². The Balaban J connectivity index is 1.64. The van der Waals surface area contributed by atoms with E-state index in [2.05, 4.69) is 0 Å². The molecule has 0 aliphatic carbocycles. The molecule has 1 aromatic carbocycles. The van der Waals surface area contributed by atoms with Crippen LogP contribution in [0.25, 0.3) is 0 Å². The molecule has 1 amide bonds. The number of carbonyl (C=O) groups excluding carboxylic acids is 1. The van der Waals surface area contributed by atoms with E-state index in [1.54, 1.807) is 13.8 Å². The molecule has 1 aromatic rings. The standard InChI is InChI=1S/C18H24F3N3O6S2/c1-13-11-24(12-14(2)30-13)32(28,29)23-9-7-22(8-10-23)17(25)15-3-5-16(6-4-15)31(26,27)18(19,20)21/h3-6,13-14H,7-12H2,1-2H3. The highest BCUT2D eigenvalue weighted by atomic mass is 32.2. The number of sulfone groups is 1. The van der Waals surface area contributed by atoms with E-state index >= 15 is 0 Å². The van der Waals surface area contributed by atoms with Crippen molar-refractivity contribution < 1.29 is 39.5 Å². The summed E-state index contributed by atoms with van der Waals surface area (Å²) < 4.78 is 94.9. The van der Waals surface area contributed by atoms with Crippen LogP contribution in [0.15, 0.2) is 29.2 Å². The lowest BCUT2D eigenvalue weighted by atomic mass is 10.2. The molecule has 3 rings (SSSR count). The second-order valence-electron chi connectivity index (χ2n) is 7.75. The Labute approximate surface area is 184 Å². The van der Waals surface area contributed by atoms with Crippen molar-refractivity contribution in [1.29, 1.82) is 0 Å². The fourth-order valence-corrected chi connectivity index (χ4v) is 6.21. The molecule has 0 bridgehead atoms. The van der Waals surface area contributed by atoms with Crippen LogP contribution in [0.1, 0.15) is 24.2 Å². The van der Waals surface area contributed by atoms with Crippen LogP contribution in [0.3, 0.4) is 0 Å². The van der Waals surface area contributed by atoms with Crippen molar-refractivity contribution in [2.75, 3.05) is 39.3 Å². The molecule has 32 heavy (non-hydrogen) atoms. The predicted molar refractivity (Wildman–Crippen MR) is 108 cm³/mol. The van der Waals surface area contributed by atoms with Gasteiger partial charge >= 0.3 is 5.51 Å². The average molecular weight is 500 g/mol. The third-order valence-corrected chi connectivity index (χ3v) is 8.75. The number of piperazine rings is 1. The zero-order chi connectivity index (χ0) is 23.9. The number of amides is 1. The van der Waals surface area contributed by atoms with E-state index in [1.165, 1.54) is 13.5 Å². The lowest BCUT2D eigenvalue weighted by Gasteiger charge is -2.40. The summed E-state index contributed by atoms with van der Waals surface area (Å²) in [4.78, 5) is 13.1. The summed E-state index contributed by atoms with van der Waals surface area (Å²) in [5.41, 5.74) is -5.42. The first-order chi connectivity index (χ1) is 14.7. The summed E-state index contributed by atoms with van der Waals surface area (Å²) >= 11 is 0. The van der Waals surface area contributed by atoms with Crippen molar-refractivity contribution in [2.24, 2.45) is 0 Å². The van der Waals surface area contributed by atoms with Crippen molar-refractivity contribution in [3.8, 4) is 0 Å². The number of carbonyl (C=O) groups is 1. The normalized spacial score (nSPS) is 24.5. The van der Waals surface area contributed by atoms with Gasteiger partial charge in [0.1, 0.15) is 0 Å². The van der Waals surface area contributed by atoms with Crippen LogP contribution in [-0.2, 0) is 24.8 Å². The van der Waals surface area contributed by atoms with Gasteiger partial charge in [-0.15, -0.1) is 0 Å². The van der Waals surface area contributed by atoms with Crippen molar-refractivity contribution in [3.63, 3.8) is 0 Å². The maximum atomic E-state index is 12.9. The van der Waals surface area contributed by atoms with E-state index in [0.29, 0.717) is 0 Å². The Kier molecular flexibility index (Phi) is 6.92. The molecule has 9 nitrogen and oxygen atoms in total. The van der Waals surface area contributed by atoms with Crippen LogP contribution >= 0.6 is 0 Å². The molecule has 2 unspecified atom stereocenters. The molecule has 2 aliphatic rings. The van der Waals surface area contributed by atoms with Gasteiger partial charge in [-0.25, -0.2) is 8.42 Å². The average Bonchev–Trinajstić information content (AvgIpc) is 2.72. The van der Waals surface area contributed by atoms with E-state index in [4.69, 9.17) is 4.74 Å². The number of ether oxygens (including phenoxy) is 1. The van der Waals surface area contributed by atoms with Crippen LogP contribution < -0.4 is 0 Å². The number of halogens is 3. The molecule has 0 radical (unpaired) electrons. The van der Waals surface area contributed by atoms with E-state index in [1.807, 2.05) is 0 Å². The predicted octanol–water partition coefficient (Wildman–Crippen LogP) is 1.09. The maximum absolute atomic E-state index is 12.9. The highest BCUT2D eigenvalue weighted by molar-refractivity contribution is 7.92. The molecule has 14 heteroatoms. The molecule has 2 heterocycles. The molecule has 0 aromatic heterocycles. The minimum atomic E-state index is -5.50. The Morgan fingerprint density at radius 3 is 1.88 bits per heavy atom. The quantitative estimate of drug-likeness (QED) is 0.615. The number of alkyl halides is 3. The minimum Gasteiger partial charge on any atom is -0.373 e. The van der Waals surface area contributed by atoms with Crippen LogP contribution in [0, 0.1) is 0 Å². The molecule has 2 atom stereocenters. The number of nitrogens with zero attached hydrogens (tertiary/aromatic N) is 3. The van der Waals surface area contributed by atoms with Gasteiger partial charge in [-0.1, -0.05) is 0 Å². The first kappa shape index (κ1) is 24.9. The highest BCUT2D eigenvalue weighted by Gasteiger charge is 2.47. The summed E-state index contributed by atoms with van der Waals surface area (Å²) in [5, 5.41) is 0. The summed E-state index contributed by atoms with van der Waals surface area (Å²) in [6, 6.07) is 3.50.